The van der Waals surface area contributed by atoms with Crippen molar-refractivity contribution in [3.05, 3.63) is 29.3 Å². The van der Waals surface area contributed by atoms with Crippen LogP contribution in [0.4, 0.5) is 14.5 Å². The lowest BCUT2D eigenvalue weighted by molar-refractivity contribution is 0.0943. The highest BCUT2D eigenvalue weighted by atomic mass is 32.2. The van der Waals surface area contributed by atoms with Crippen molar-refractivity contribution in [2.24, 2.45) is 0 Å². The van der Waals surface area contributed by atoms with Gasteiger partial charge in [-0.15, -0.1) is 0 Å². The number of nitrogens with one attached hydrogen (secondary N) is 2. The van der Waals surface area contributed by atoms with Crippen LogP contribution in [-0.4, -0.2) is 30.0 Å². The zero-order chi connectivity index (χ0) is 15.5. The summed E-state index contributed by atoms with van der Waals surface area (Å²) in [4.78, 5) is 12.0. The summed E-state index contributed by atoms with van der Waals surface area (Å²) >= 11 is 1.74. The van der Waals surface area contributed by atoms with Crippen LogP contribution in [0.25, 0.3) is 0 Å². The van der Waals surface area contributed by atoms with E-state index in [0.29, 0.717) is 13.1 Å². The van der Waals surface area contributed by atoms with E-state index in [1.807, 2.05) is 6.26 Å². The summed E-state index contributed by atoms with van der Waals surface area (Å²) in [6.07, 6.45) is 5.32. The van der Waals surface area contributed by atoms with Crippen molar-refractivity contribution in [2.45, 2.75) is 30.9 Å². The number of rotatable bonds is 6. The minimum absolute atomic E-state index is 0.0160. The molecule has 2 N–H and O–H groups in total. The highest BCUT2D eigenvalue weighted by Crippen LogP contribution is 2.42. The Balaban J connectivity index is 2.05. The van der Waals surface area contributed by atoms with Crippen LogP contribution in [-0.2, 0) is 0 Å². The Morgan fingerprint density at radius 3 is 2.38 bits per heavy atom. The van der Waals surface area contributed by atoms with E-state index in [4.69, 9.17) is 0 Å². The molecule has 1 amide bonds. The third-order valence-electron chi connectivity index (χ3n) is 3.93. The van der Waals surface area contributed by atoms with Crippen LogP contribution >= 0.6 is 11.8 Å². The summed E-state index contributed by atoms with van der Waals surface area (Å²) in [6, 6.07) is 2.14. The zero-order valence-electron chi connectivity index (χ0n) is 12.3. The van der Waals surface area contributed by atoms with Crippen molar-refractivity contribution in [1.29, 1.82) is 0 Å². The van der Waals surface area contributed by atoms with Gasteiger partial charge < -0.3 is 10.6 Å². The maximum atomic E-state index is 13.8. The maximum Gasteiger partial charge on any atom is 0.251 e. The van der Waals surface area contributed by atoms with E-state index in [0.717, 1.165) is 31.4 Å². The Kier molecular flexibility index (Phi) is 5.08. The highest BCUT2D eigenvalue weighted by Gasteiger charge is 2.36. The molecule has 0 radical (unpaired) electrons. The van der Waals surface area contributed by atoms with Gasteiger partial charge in [-0.2, -0.15) is 11.8 Å². The molecule has 0 bridgehead atoms. The summed E-state index contributed by atoms with van der Waals surface area (Å²) in [5.41, 5.74) is -0.171. The largest absolute Gasteiger partial charge is 0.381 e. The van der Waals surface area contributed by atoms with Crippen molar-refractivity contribution >= 4 is 23.4 Å². The quantitative estimate of drug-likeness (QED) is 0.845. The summed E-state index contributed by atoms with van der Waals surface area (Å²) < 4.78 is 27.7. The first kappa shape index (κ1) is 16.1. The third kappa shape index (κ3) is 3.48. The van der Waals surface area contributed by atoms with Gasteiger partial charge in [-0.3, -0.25) is 4.79 Å². The molecule has 1 aromatic carbocycles. The number of amides is 1. The number of carbonyl (C=O) groups is 1. The normalized spacial score (nSPS) is 16.2. The van der Waals surface area contributed by atoms with E-state index in [9.17, 15) is 13.6 Å². The summed E-state index contributed by atoms with van der Waals surface area (Å²) in [5.74, 6) is -1.92. The molecule has 1 aliphatic carbocycles. The van der Waals surface area contributed by atoms with Gasteiger partial charge in [0.1, 0.15) is 17.3 Å². The number of carbonyl (C=O) groups excluding carboxylic acids is 1. The monoisotopic (exact) mass is 314 g/mol. The summed E-state index contributed by atoms with van der Waals surface area (Å²) in [6.45, 7) is 2.70. The van der Waals surface area contributed by atoms with Crippen LogP contribution < -0.4 is 10.6 Å². The first-order chi connectivity index (χ1) is 10.0. The minimum Gasteiger partial charge on any atom is -0.381 e. The van der Waals surface area contributed by atoms with Crippen LogP contribution in [0, 0.1) is 11.6 Å². The predicted octanol–water partition coefficient (Wildman–Crippen LogP) is 3.41. The Labute approximate surface area is 127 Å². The molecule has 0 unspecified atom stereocenters. The van der Waals surface area contributed by atoms with E-state index in [2.05, 4.69) is 10.6 Å². The van der Waals surface area contributed by atoms with E-state index < -0.39 is 17.5 Å². The molecule has 0 aliphatic heterocycles. The summed E-state index contributed by atoms with van der Waals surface area (Å²) in [7, 11) is 0. The Hall–Kier alpha value is -1.30. The van der Waals surface area contributed by atoms with Gasteiger partial charge >= 0.3 is 0 Å². The molecular weight excluding hydrogens is 294 g/mol. The standard InChI is InChI=1S/C15H20F2N2OS/c1-3-18-13-11(16)7-10(8-12(13)17)14(20)19-9-15(21-2)5-4-6-15/h7-8,18H,3-6,9H2,1-2H3,(H,19,20). The lowest BCUT2D eigenvalue weighted by Gasteiger charge is -2.40. The molecule has 0 spiro atoms. The average molecular weight is 314 g/mol. The fourth-order valence-corrected chi connectivity index (χ4v) is 3.33. The molecule has 1 saturated carbocycles. The lowest BCUT2D eigenvalue weighted by Crippen LogP contribution is -2.45. The molecule has 1 aliphatic rings. The molecule has 1 fully saturated rings. The SMILES string of the molecule is CCNc1c(F)cc(C(=O)NCC2(SC)CCC2)cc1F. The van der Waals surface area contributed by atoms with Crippen LogP contribution in [0.1, 0.15) is 36.5 Å². The number of halogens is 2. The Bertz CT molecular complexity index is 504. The molecule has 116 valence electrons. The Morgan fingerprint density at radius 1 is 1.33 bits per heavy atom. The fraction of sp³-hybridized carbons (Fsp3) is 0.533. The number of benzene rings is 1. The molecule has 6 heteroatoms. The zero-order valence-corrected chi connectivity index (χ0v) is 13.1. The van der Waals surface area contributed by atoms with Gasteiger partial charge in [0.2, 0.25) is 0 Å². The molecule has 3 nitrogen and oxygen atoms in total. The maximum absolute atomic E-state index is 13.8. The topological polar surface area (TPSA) is 41.1 Å². The second kappa shape index (κ2) is 6.64. The van der Waals surface area contributed by atoms with Crippen LogP contribution in [0.15, 0.2) is 12.1 Å². The molecule has 21 heavy (non-hydrogen) atoms. The van der Waals surface area contributed by atoms with Gasteiger partial charge in [0, 0.05) is 23.4 Å². The second-order valence-electron chi connectivity index (χ2n) is 5.27. The molecule has 0 atom stereocenters. The van der Waals surface area contributed by atoms with E-state index >= 15 is 0 Å². The van der Waals surface area contributed by atoms with E-state index in [1.165, 1.54) is 0 Å². The average Bonchev–Trinajstić information content (AvgIpc) is 2.41. The van der Waals surface area contributed by atoms with Crippen LogP contribution in [0.2, 0.25) is 0 Å². The molecule has 0 saturated heterocycles. The number of anilines is 1. The predicted molar refractivity (Wildman–Crippen MR) is 83.0 cm³/mol. The third-order valence-corrected chi connectivity index (χ3v) is 5.35. The number of thioether (sulfide) groups is 1. The molecule has 0 heterocycles. The highest BCUT2D eigenvalue weighted by molar-refractivity contribution is 8.00. The molecule has 0 aromatic heterocycles. The molecule has 2 rings (SSSR count). The first-order valence-corrected chi connectivity index (χ1v) is 8.30. The van der Waals surface area contributed by atoms with Crippen LogP contribution in [0.5, 0.6) is 0 Å². The van der Waals surface area contributed by atoms with Gasteiger partial charge in [-0.1, -0.05) is 6.42 Å². The lowest BCUT2D eigenvalue weighted by atomic mass is 9.84. The van der Waals surface area contributed by atoms with Gasteiger partial charge in [0.15, 0.2) is 0 Å². The number of hydrogen-bond donors (Lipinski definition) is 2. The number of hydrogen-bond acceptors (Lipinski definition) is 3. The van der Waals surface area contributed by atoms with Crippen molar-refractivity contribution in [3.8, 4) is 0 Å². The van der Waals surface area contributed by atoms with E-state index in [-0.39, 0.29) is 16.0 Å². The summed E-state index contributed by atoms with van der Waals surface area (Å²) in [5, 5.41) is 5.39. The van der Waals surface area contributed by atoms with Gasteiger partial charge in [-0.25, -0.2) is 8.78 Å². The van der Waals surface area contributed by atoms with Gasteiger partial charge in [0.25, 0.3) is 5.91 Å². The minimum atomic E-state index is -0.745. The van der Waals surface area contributed by atoms with Crippen LogP contribution in [0.3, 0.4) is 0 Å². The smallest absolute Gasteiger partial charge is 0.251 e. The van der Waals surface area contributed by atoms with Gasteiger partial charge in [0.05, 0.1) is 0 Å². The Morgan fingerprint density at radius 2 is 1.95 bits per heavy atom. The van der Waals surface area contributed by atoms with Crippen molar-refractivity contribution in [2.75, 3.05) is 24.7 Å². The molecular formula is C15H20F2N2OS. The van der Waals surface area contributed by atoms with E-state index in [1.54, 1.807) is 18.7 Å². The molecule has 1 aromatic rings. The fourth-order valence-electron chi connectivity index (χ4n) is 2.42. The van der Waals surface area contributed by atoms with Gasteiger partial charge in [-0.05, 0) is 38.2 Å². The van der Waals surface area contributed by atoms with Crippen molar-refractivity contribution in [3.63, 3.8) is 0 Å². The van der Waals surface area contributed by atoms with Crippen molar-refractivity contribution in [1.82, 2.24) is 5.32 Å². The van der Waals surface area contributed by atoms with Crippen molar-refractivity contribution < 1.29 is 13.6 Å². The first-order valence-electron chi connectivity index (χ1n) is 7.07. The second-order valence-corrected chi connectivity index (χ2v) is 6.54.